The third kappa shape index (κ3) is 2.30. The second kappa shape index (κ2) is 4.36. The third-order valence-corrected chi connectivity index (χ3v) is 3.98. The second-order valence-electron chi connectivity index (χ2n) is 3.42. The van der Waals surface area contributed by atoms with Crippen LogP contribution in [0.15, 0.2) is 6.07 Å². The van der Waals surface area contributed by atoms with Crippen molar-refractivity contribution < 1.29 is 0 Å². The zero-order chi connectivity index (χ0) is 9.97. The number of anilines is 1. The molecule has 0 spiro atoms. The molecule has 1 atom stereocenters. The minimum atomic E-state index is 0.299. The second-order valence-corrected chi connectivity index (χ2v) is 5.19. The summed E-state index contributed by atoms with van der Waals surface area (Å²) in [5.41, 5.74) is 7.13. The van der Waals surface area contributed by atoms with Gasteiger partial charge in [0.2, 0.25) is 0 Å². The number of halogens is 1. The molecule has 5 heteroatoms. The minimum Gasteiger partial charge on any atom is -0.396 e. The molecule has 0 radical (unpaired) electrons. The van der Waals surface area contributed by atoms with Gasteiger partial charge in [0.15, 0.2) is 5.15 Å². The Kier molecular flexibility index (Phi) is 3.13. The molecule has 2 N–H and O–H groups in total. The van der Waals surface area contributed by atoms with Gasteiger partial charge >= 0.3 is 0 Å². The van der Waals surface area contributed by atoms with Crippen LogP contribution in [0.4, 0.5) is 5.69 Å². The highest BCUT2D eigenvalue weighted by Gasteiger charge is 2.17. The first kappa shape index (κ1) is 10.1. The topological polar surface area (TPSA) is 51.8 Å². The van der Waals surface area contributed by atoms with Crippen molar-refractivity contribution in [2.45, 2.75) is 24.5 Å². The number of nitrogen functional groups attached to an aromatic ring is 1. The SMILES string of the molecule is Nc1cc(CC2CCCS2)nnc1Cl. The maximum atomic E-state index is 5.69. The Bertz CT molecular complexity index is 326. The molecule has 0 aromatic carbocycles. The molecule has 14 heavy (non-hydrogen) atoms. The number of nitrogens with two attached hydrogens (primary N) is 1. The predicted molar refractivity (Wildman–Crippen MR) is 60.6 cm³/mol. The van der Waals surface area contributed by atoms with E-state index in [0.29, 0.717) is 16.1 Å². The average Bonchev–Trinajstić information content (AvgIpc) is 2.64. The van der Waals surface area contributed by atoms with E-state index in [1.54, 1.807) is 0 Å². The fraction of sp³-hybridized carbons (Fsp3) is 0.556. The van der Waals surface area contributed by atoms with E-state index >= 15 is 0 Å². The molecule has 0 bridgehead atoms. The van der Waals surface area contributed by atoms with Gasteiger partial charge in [-0.25, -0.2) is 0 Å². The van der Waals surface area contributed by atoms with Crippen LogP contribution in [-0.4, -0.2) is 21.2 Å². The van der Waals surface area contributed by atoms with Crippen LogP contribution >= 0.6 is 23.4 Å². The number of rotatable bonds is 2. The van der Waals surface area contributed by atoms with Crippen LogP contribution in [0.1, 0.15) is 18.5 Å². The van der Waals surface area contributed by atoms with Crippen molar-refractivity contribution in [3.63, 3.8) is 0 Å². The first-order chi connectivity index (χ1) is 6.75. The van der Waals surface area contributed by atoms with Crippen molar-refractivity contribution in [3.8, 4) is 0 Å². The number of thioether (sulfide) groups is 1. The van der Waals surface area contributed by atoms with Gasteiger partial charge in [0.25, 0.3) is 0 Å². The highest BCUT2D eigenvalue weighted by molar-refractivity contribution is 8.00. The molecular weight excluding hydrogens is 218 g/mol. The van der Waals surface area contributed by atoms with E-state index < -0.39 is 0 Å². The Balaban J connectivity index is 2.05. The summed E-state index contributed by atoms with van der Waals surface area (Å²) >= 11 is 7.70. The Morgan fingerprint density at radius 2 is 2.43 bits per heavy atom. The van der Waals surface area contributed by atoms with Crippen molar-refractivity contribution in [3.05, 3.63) is 16.9 Å². The van der Waals surface area contributed by atoms with Crippen molar-refractivity contribution in [1.82, 2.24) is 10.2 Å². The number of hydrogen-bond acceptors (Lipinski definition) is 4. The van der Waals surface area contributed by atoms with Gasteiger partial charge in [-0.15, -0.1) is 5.10 Å². The lowest BCUT2D eigenvalue weighted by Gasteiger charge is -2.07. The van der Waals surface area contributed by atoms with E-state index in [9.17, 15) is 0 Å². The molecule has 0 saturated carbocycles. The fourth-order valence-electron chi connectivity index (χ4n) is 1.57. The Morgan fingerprint density at radius 1 is 1.57 bits per heavy atom. The number of hydrogen-bond donors (Lipinski definition) is 1. The van der Waals surface area contributed by atoms with E-state index in [-0.39, 0.29) is 0 Å². The molecule has 1 aromatic heterocycles. The Hall–Kier alpha value is -0.480. The first-order valence-corrected chi connectivity index (χ1v) is 6.07. The van der Waals surface area contributed by atoms with Gasteiger partial charge in [-0.2, -0.15) is 16.9 Å². The molecule has 0 aliphatic carbocycles. The molecule has 76 valence electrons. The normalized spacial score (nSPS) is 21.4. The van der Waals surface area contributed by atoms with E-state index in [1.165, 1.54) is 18.6 Å². The third-order valence-electron chi connectivity index (χ3n) is 2.29. The lowest BCUT2D eigenvalue weighted by atomic mass is 10.1. The summed E-state index contributed by atoms with van der Waals surface area (Å²) in [7, 11) is 0. The minimum absolute atomic E-state index is 0.299. The largest absolute Gasteiger partial charge is 0.396 e. The van der Waals surface area contributed by atoms with Crippen molar-refractivity contribution >= 4 is 29.1 Å². The van der Waals surface area contributed by atoms with Crippen molar-refractivity contribution in [2.24, 2.45) is 0 Å². The summed E-state index contributed by atoms with van der Waals surface area (Å²) in [5, 5.41) is 8.81. The van der Waals surface area contributed by atoms with E-state index in [2.05, 4.69) is 10.2 Å². The molecule has 2 rings (SSSR count). The summed E-state index contributed by atoms with van der Waals surface area (Å²) in [4.78, 5) is 0. The van der Waals surface area contributed by atoms with Crippen molar-refractivity contribution in [1.29, 1.82) is 0 Å². The summed E-state index contributed by atoms with van der Waals surface area (Å²) in [6.45, 7) is 0. The van der Waals surface area contributed by atoms with Crippen LogP contribution in [0.3, 0.4) is 0 Å². The van der Waals surface area contributed by atoms with Crippen LogP contribution < -0.4 is 5.73 Å². The monoisotopic (exact) mass is 229 g/mol. The van der Waals surface area contributed by atoms with Crippen LogP contribution in [0.25, 0.3) is 0 Å². The Labute approximate surface area is 92.4 Å². The maximum absolute atomic E-state index is 5.69. The lowest BCUT2D eigenvalue weighted by molar-refractivity contribution is 0.752. The highest BCUT2D eigenvalue weighted by Crippen LogP contribution is 2.29. The van der Waals surface area contributed by atoms with Gasteiger partial charge in [-0.05, 0) is 24.7 Å². The van der Waals surface area contributed by atoms with Gasteiger partial charge in [0, 0.05) is 11.7 Å². The smallest absolute Gasteiger partial charge is 0.174 e. The molecule has 0 amide bonds. The van der Waals surface area contributed by atoms with Gasteiger partial charge in [-0.3, -0.25) is 0 Å². The molecule has 3 nitrogen and oxygen atoms in total. The maximum Gasteiger partial charge on any atom is 0.174 e. The van der Waals surface area contributed by atoms with Gasteiger partial charge in [0.1, 0.15) is 0 Å². The van der Waals surface area contributed by atoms with Crippen LogP contribution in [0, 0.1) is 0 Å². The average molecular weight is 230 g/mol. The highest BCUT2D eigenvalue weighted by atomic mass is 35.5. The summed E-state index contributed by atoms with van der Waals surface area (Å²) < 4.78 is 0. The molecular formula is C9H12ClN3S. The summed E-state index contributed by atoms with van der Waals surface area (Å²) in [6, 6.07) is 1.83. The molecule has 1 fully saturated rings. The molecule has 1 unspecified atom stereocenters. The molecule has 1 saturated heterocycles. The van der Waals surface area contributed by atoms with E-state index in [1.807, 2.05) is 17.8 Å². The lowest BCUT2D eigenvalue weighted by Crippen LogP contribution is -2.06. The summed E-state index contributed by atoms with van der Waals surface area (Å²) in [5.74, 6) is 1.27. The van der Waals surface area contributed by atoms with Gasteiger partial charge < -0.3 is 5.73 Å². The first-order valence-electron chi connectivity index (χ1n) is 4.65. The van der Waals surface area contributed by atoms with Crippen molar-refractivity contribution in [2.75, 3.05) is 11.5 Å². The molecule has 1 aliphatic heterocycles. The van der Waals surface area contributed by atoms with E-state index in [4.69, 9.17) is 17.3 Å². The molecule has 1 aromatic rings. The number of nitrogens with zero attached hydrogens (tertiary/aromatic N) is 2. The zero-order valence-electron chi connectivity index (χ0n) is 7.74. The van der Waals surface area contributed by atoms with Crippen LogP contribution in [0.5, 0.6) is 0 Å². The standard InChI is InChI=1S/C9H12ClN3S/c10-9-8(11)5-6(12-13-9)4-7-2-1-3-14-7/h5,7H,1-4H2,(H2,11,12). The molecule has 2 heterocycles. The fourth-order valence-corrected chi connectivity index (χ4v) is 2.95. The quantitative estimate of drug-likeness (QED) is 0.845. The zero-order valence-corrected chi connectivity index (χ0v) is 9.31. The predicted octanol–water partition coefficient (Wildman–Crippen LogP) is 2.15. The van der Waals surface area contributed by atoms with E-state index in [0.717, 1.165) is 12.1 Å². The summed E-state index contributed by atoms with van der Waals surface area (Å²) in [6.07, 6.45) is 3.54. The van der Waals surface area contributed by atoms with Gasteiger partial charge in [0.05, 0.1) is 11.4 Å². The number of aromatic nitrogens is 2. The van der Waals surface area contributed by atoms with Crippen LogP contribution in [-0.2, 0) is 6.42 Å². The van der Waals surface area contributed by atoms with Crippen LogP contribution in [0.2, 0.25) is 5.15 Å². The Morgan fingerprint density at radius 3 is 3.07 bits per heavy atom. The van der Waals surface area contributed by atoms with Gasteiger partial charge in [-0.1, -0.05) is 11.6 Å². The molecule has 1 aliphatic rings.